The van der Waals surface area contributed by atoms with Gasteiger partial charge in [0.15, 0.2) is 0 Å². The third-order valence-corrected chi connectivity index (χ3v) is 10.8. The van der Waals surface area contributed by atoms with Crippen LogP contribution in [0.3, 0.4) is 0 Å². The fourth-order valence-corrected chi connectivity index (χ4v) is 8.65. The summed E-state index contributed by atoms with van der Waals surface area (Å²) >= 11 is 0. The maximum absolute atomic E-state index is 2.54. The smallest absolute Gasteiger partial charge is 0.0648 e. The number of aromatic nitrogens is 2. The van der Waals surface area contributed by atoms with Crippen LogP contribution in [0.2, 0.25) is 0 Å². The van der Waals surface area contributed by atoms with E-state index in [9.17, 15) is 0 Å². The van der Waals surface area contributed by atoms with Gasteiger partial charge in [-0.2, -0.15) is 0 Å². The molecule has 0 atom stereocenters. The Hall–Kier alpha value is -6.90. The zero-order valence-electron chi connectivity index (χ0n) is 28.4. The average molecular weight is 661 g/mol. The first kappa shape index (κ1) is 28.9. The Balaban J connectivity index is 1.37. The highest BCUT2D eigenvalue weighted by molar-refractivity contribution is 6.39. The number of benzene rings is 9. The summed E-state index contributed by atoms with van der Waals surface area (Å²) in [7, 11) is 0. The maximum atomic E-state index is 2.54. The molecule has 0 amide bonds. The molecule has 52 heavy (non-hydrogen) atoms. The molecule has 0 unspecified atom stereocenters. The number of para-hydroxylation sites is 1. The van der Waals surface area contributed by atoms with Crippen molar-refractivity contribution in [2.75, 3.05) is 0 Å². The highest BCUT2D eigenvalue weighted by Gasteiger charge is 2.25. The molecule has 2 nitrogen and oxygen atoms in total. The predicted molar refractivity (Wildman–Crippen MR) is 221 cm³/mol. The van der Waals surface area contributed by atoms with Gasteiger partial charge in [-0.05, 0) is 74.8 Å². The van der Waals surface area contributed by atoms with Gasteiger partial charge in [-0.15, -0.1) is 0 Å². The summed E-state index contributed by atoms with van der Waals surface area (Å²) < 4.78 is 5.04. The fourth-order valence-electron chi connectivity index (χ4n) is 8.65. The van der Waals surface area contributed by atoms with Gasteiger partial charge in [0.05, 0.1) is 22.1 Å². The van der Waals surface area contributed by atoms with Crippen LogP contribution in [0.15, 0.2) is 194 Å². The van der Waals surface area contributed by atoms with Crippen molar-refractivity contribution in [3.63, 3.8) is 0 Å². The van der Waals surface area contributed by atoms with Crippen molar-refractivity contribution in [3.8, 4) is 33.6 Å². The number of rotatable bonds is 4. The molecule has 2 heterocycles. The number of hydrogen-bond acceptors (Lipinski definition) is 0. The van der Waals surface area contributed by atoms with E-state index in [2.05, 4.69) is 203 Å². The molecule has 0 radical (unpaired) electrons. The first-order valence-electron chi connectivity index (χ1n) is 17.9. The highest BCUT2D eigenvalue weighted by Crippen LogP contribution is 2.48. The predicted octanol–water partition coefficient (Wildman–Crippen LogP) is 13.5. The Morgan fingerprint density at radius 1 is 0.269 bits per heavy atom. The van der Waals surface area contributed by atoms with Crippen molar-refractivity contribution in [2.24, 2.45) is 0 Å². The van der Waals surface area contributed by atoms with Crippen LogP contribution in [0, 0.1) is 0 Å². The molecule has 11 aromatic rings. The Morgan fingerprint density at radius 2 is 0.788 bits per heavy atom. The van der Waals surface area contributed by atoms with Crippen LogP contribution in [0.4, 0.5) is 0 Å². The molecule has 0 aliphatic heterocycles. The van der Waals surface area contributed by atoms with Gasteiger partial charge < -0.3 is 9.13 Å². The second kappa shape index (κ2) is 11.3. The number of hydrogen-bond donors (Lipinski definition) is 0. The SMILES string of the molecule is c1ccc(-c2cccc(-n3c4ccccc4c4c3c3ccccc3c3c5c6ccccc6ccc5n(-c5cccc(-c6ccccc6)c5)c34)c2)cc1. The van der Waals surface area contributed by atoms with E-state index in [1.165, 1.54) is 87.4 Å². The Labute approximate surface area is 301 Å². The lowest BCUT2D eigenvalue weighted by Crippen LogP contribution is -1.97. The van der Waals surface area contributed by atoms with Crippen LogP contribution in [-0.4, -0.2) is 9.13 Å². The van der Waals surface area contributed by atoms with Gasteiger partial charge in [-0.1, -0.05) is 158 Å². The van der Waals surface area contributed by atoms with Gasteiger partial charge in [0, 0.05) is 38.3 Å². The first-order valence-corrected chi connectivity index (χ1v) is 17.9. The first-order chi connectivity index (χ1) is 25.8. The van der Waals surface area contributed by atoms with Crippen LogP contribution >= 0.6 is 0 Å². The lowest BCUT2D eigenvalue weighted by molar-refractivity contribution is 1.18. The molecule has 0 spiro atoms. The van der Waals surface area contributed by atoms with Gasteiger partial charge in [0.1, 0.15) is 0 Å². The second-order valence-corrected chi connectivity index (χ2v) is 13.7. The van der Waals surface area contributed by atoms with E-state index >= 15 is 0 Å². The Bertz CT molecular complexity index is 3160. The monoisotopic (exact) mass is 660 g/mol. The van der Waals surface area contributed by atoms with E-state index in [0.717, 1.165) is 11.4 Å². The van der Waals surface area contributed by atoms with Crippen molar-refractivity contribution in [3.05, 3.63) is 194 Å². The summed E-state index contributed by atoms with van der Waals surface area (Å²) in [6, 6.07) is 70.9. The fraction of sp³-hybridized carbons (Fsp3) is 0. The van der Waals surface area contributed by atoms with E-state index in [0.29, 0.717) is 0 Å². The molecule has 0 aliphatic carbocycles. The Morgan fingerprint density at radius 3 is 1.46 bits per heavy atom. The summed E-state index contributed by atoms with van der Waals surface area (Å²) in [6.07, 6.45) is 0. The highest BCUT2D eigenvalue weighted by atomic mass is 15.0. The Kier molecular flexibility index (Phi) is 6.28. The lowest BCUT2D eigenvalue weighted by atomic mass is 9.97. The maximum Gasteiger partial charge on any atom is 0.0648 e. The summed E-state index contributed by atoms with van der Waals surface area (Å²) in [5.74, 6) is 0. The van der Waals surface area contributed by atoms with Crippen LogP contribution < -0.4 is 0 Å². The molecule has 11 rings (SSSR count). The minimum atomic E-state index is 1.15. The van der Waals surface area contributed by atoms with Crippen molar-refractivity contribution in [2.45, 2.75) is 0 Å². The summed E-state index contributed by atoms with van der Waals surface area (Å²) in [6.45, 7) is 0. The molecule has 2 heteroatoms. The van der Waals surface area contributed by atoms with E-state index in [1.807, 2.05) is 0 Å². The van der Waals surface area contributed by atoms with Crippen LogP contribution in [-0.2, 0) is 0 Å². The standard InChI is InChI=1S/C50H32N2/c1-3-15-33(16-4-1)36-20-13-22-38(31-36)51-44-28-12-11-27-43(44)48-49(51)42-26-10-9-25-41(42)47-46-40-24-8-7-19-35(40)29-30-45(46)52(50(47)48)39-23-14-21-37(32-39)34-17-5-2-6-18-34/h1-32H. The lowest BCUT2D eigenvalue weighted by Gasteiger charge is -2.14. The van der Waals surface area contributed by atoms with E-state index < -0.39 is 0 Å². The van der Waals surface area contributed by atoms with Gasteiger partial charge in [0.2, 0.25) is 0 Å². The topological polar surface area (TPSA) is 9.86 Å². The number of fused-ring (bicyclic) bond motifs is 12. The second-order valence-electron chi connectivity index (χ2n) is 13.7. The average Bonchev–Trinajstić information content (AvgIpc) is 3.76. The van der Waals surface area contributed by atoms with Gasteiger partial charge >= 0.3 is 0 Å². The molecular weight excluding hydrogens is 629 g/mol. The summed E-state index contributed by atoms with van der Waals surface area (Å²) in [5, 5.41) is 10.1. The molecule has 0 bridgehead atoms. The normalized spacial score (nSPS) is 11.8. The zero-order valence-corrected chi connectivity index (χ0v) is 28.4. The van der Waals surface area contributed by atoms with E-state index in [1.54, 1.807) is 0 Å². The minimum Gasteiger partial charge on any atom is -0.309 e. The molecule has 0 N–H and O–H groups in total. The molecule has 0 fully saturated rings. The van der Waals surface area contributed by atoms with Crippen LogP contribution in [0.25, 0.3) is 98.8 Å². The minimum absolute atomic E-state index is 1.15. The largest absolute Gasteiger partial charge is 0.309 e. The third kappa shape index (κ3) is 4.19. The summed E-state index contributed by atoms with van der Waals surface area (Å²) in [4.78, 5) is 0. The summed E-state index contributed by atoms with van der Waals surface area (Å²) in [5.41, 5.74) is 12.0. The van der Waals surface area contributed by atoms with E-state index in [4.69, 9.17) is 0 Å². The van der Waals surface area contributed by atoms with Crippen molar-refractivity contribution in [1.82, 2.24) is 9.13 Å². The van der Waals surface area contributed by atoms with Crippen LogP contribution in [0.1, 0.15) is 0 Å². The quantitative estimate of drug-likeness (QED) is 0.178. The van der Waals surface area contributed by atoms with Gasteiger partial charge in [0.25, 0.3) is 0 Å². The number of nitrogens with zero attached hydrogens (tertiary/aromatic N) is 2. The molecule has 242 valence electrons. The molecule has 9 aromatic carbocycles. The van der Waals surface area contributed by atoms with Crippen molar-refractivity contribution >= 4 is 65.2 Å². The van der Waals surface area contributed by atoms with Crippen LogP contribution in [0.5, 0.6) is 0 Å². The van der Waals surface area contributed by atoms with Gasteiger partial charge in [-0.25, -0.2) is 0 Å². The molecular formula is C50H32N2. The molecule has 0 aliphatic rings. The van der Waals surface area contributed by atoms with E-state index in [-0.39, 0.29) is 0 Å². The third-order valence-electron chi connectivity index (χ3n) is 10.8. The molecule has 0 saturated carbocycles. The van der Waals surface area contributed by atoms with Crippen molar-refractivity contribution in [1.29, 1.82) is 0 Å². The molecule has 2 aromatic heterocycles. The van der Waals surface area contributed by atoms with Crippen molar-refractivity contribution < 1.29 is 0 Å². The zero-order chi connectivity index (χ0) is 34.2. The van der Waals surface area contributed by atoms with Gasteiger partial charge in [-0.3, -0.25) is 0 Å². The molecule has 0 saturated heterocycles.